The molecule has 0 spiro atoms. The van der Waals surface area contributed by atoms with Crippen LogP contribution in [0.2, 0.25) is 0 Å². The van der Waals surface area contributed by atoms with Crippen molar-refractivity contribution in [1.82, 2.24) is 19.9 Å². The van der Waals surface area contributed by atoms with Crippen LogP contribution in [-0.2, 0) is 24.4 Å². The second-order valence-corrected chi connectivity index (χ2v) is 3.92. The molecule has 0 radical (unpaired) electrons. The van der Waals surface area contributed by atoms with Crippen LogP contribution >= 0.6 is 0 Å². The fourth-order valence-corrected chi connectivity index (χ4v) is 0.873. The standard InChI is InChI=1S/C6H5N5O.H2O.2O.W/c7-6-10-4-3(5(12)11-6)8-1-2-9-4;;;;/h1-2H,(H3,7,9,10,11,12);1H2;;;/q;;;;+1/p-2. The Morgan fingerprint density at radius 3 is 2.50 bits per heavy atom. The number of hydrogen-bond acceptors (Lipinski definition) is 6. The molecule has 0 aliphatic carbocycles. The van der Waals surface area contributed by atoms with E-state index in [1.165, 1.54) is 12.4 Å². The second kappa shape index (κ2) is 5.38. The summed E-state index contributed by atoms with van der Waals surface area (Å²) in [6, 6.07) is 0. The summed E-state index contributed by atoms with van der Waals surface area (Å²) in [7, 11) is 0. The Kier molecular flexibility index (Phi) is 4.15. The van der Waals surface area contributed by atoms with E-state index in [9.17, 15) is 4.79 Å². The monoisotopic (exact) mass is 395 g/mol. The van der Waals surface area contributed by atoms with Gasteiger partial charge < -0.3 is 15.7 Å². The topological polar surface area (TPSA) is 150 Å². The molecule has 9 nitrogen and oxygen atoms in total. The van der Waals surface area contributed by atoms with Gasteiger partial charge in [-0.1, -0.05) is 0 Å². The van der Waals surface area contributed by atoms with Gasteiger partial charge in [0, 0.05) is 18.3 Å². The summed E-state index contributed by atoms with van der Waals surface area (Å²) >= 11 is -4.03. The number of nitrogens with one attached hydrogen (secondary N) is 2. The van der Waals surface area contributed by atoms with Crippen LogP contribution in [0.25, 0.3) is 16.9 Å². The van der Waals surface area contributed by atoms with Crippen LogP contribution in [0.5, 0.6) is 0 Å². The first-order valence-electron chi connectivity index (χ1n) is 3.71. The Morgan fingerprint density at radius 2 is 1.88 bits per heavy atom. The molecule has 2 heterocycles. The summed E-state index contributed by atoms with van der Waals surface area (Å²) in [6.07, 6.45) is 2.83. The maximum atomic E-state index is 11.1. The van der Waals surface area contributed by atoms with Crippen LogP contribution in [-0.4, -0.2) is 23.7 Å². The van der Waals surface area contributed by atoms with Gasteiger partial charge in [-0.3, -0.25) is 4.79 Å². The van der Waals surface area contributed by atoms with Gasteiger partial charge in [-0.25, -0.2) is 9.97 Å². The van der Waals surface area contributed by atoms with E-state index in [0.29, 0.717) is 0 Å². The molecule has 0 atom stereocenters. The molecule has 0 saturated carbocycles. The van der Waals surface area contributed by atoms with Crippen molar-refractivity contribution in [3.05, 3.63) is 28.5 Å². The molecule has 0 aliphatic heterocycles. The number of H-pyrrole nitrogens is 1. The van der Waals surface area contributed by atoms with Gasteiger partial charge in [0.05, 0.1) is 0 Å². The zero-order valence-corrected chi connectivity index (χ0v) is 10.5. The fraction of sp³-hybridized carbons (Fsp3) is 0. The van der Waals surface area contributed by atoms with E-state index in [4.69, 9.17) is 16.3 Å². The molecule has 0 aliphatic rings. The summed E-state index contributed by atoms with van der Waals surface area (Å²) in [4.78, 5) is 24.5. The average Bonchev–Trinajstić information content (AvgIpc) is 2.16. The number of fused-ring (bicyclic) bond motifs is 1. The van der Waals surface area contributed by atoms with Crippen LogP contribution in [0.1, 0.15) is 0 Å². The van der Waals surface area contributed by atoms with Crippen LogP contribution in [0.3, 0.4) is 0 Å². The van der Waals surface area contributed by atoms with Gasteiger partial charge in [0.2, 0.25) is 5.56 Å². The minimum absolute atomic E-state index is 0.161. The normalized spacial score (nSPS) is 9.31. The van der Waals surface area contributed by atoms with Gasteiger partial charge in [0.25, 0.3) is 0 Å². The predicted molar refractivity (Wildman–Crippen MR) is 45.5 cm³/mol. The van der Waals surface area contributed by atoms with E-state index in [1.54, 1.807) is 0 Å². The maximum absolute atomic E-state index is 11.1. The molecular weight excluding hydrogens is 390 g/mol. The van der Waals surface area contributed by atoms with Gasteiger partial charge in [-0.2, -0.15) is 0 Å². The molecule has 0 saturated heterocycles. The third kappa shape index (κ3) is 3.44. The number of rotatable bonds is 0. The second-order valence-electron chi connectivity index (χ2n) is 2.36. The molecule has 85 valence electrons. The van der Waals surface area contributed by atoms with Crippen molar-refractivity contribution in [1.29, 1.82) is 0 Å². The van der Waals surface area contributed by atoms with Crippen molar-refractivity contribution < 1.29 is 28.2 Å². The summed E-state index contributed by atoms with van der Waals surface area (Å²) < 4.78 is 24.6. The van der Waals surface area contributed by atoms with E-state index < -0.39 is 23.2 Å². The first kappa shape index (κ1) is 12.3. The van der Waals surface area contributed by atoms with Crippen molar-refractivity contribution in [3.63, 3.8) is 0 Å². The molecule has 0 amide bonds. The summed E-state index contributed by atoms with van der Waals surface area (Å²) in [6.45, 7) is 0. The quantitative estimate of drug-likeness (QED) is 0.616. The zero-order valence-electron chi connectivity index (χ0n) is 7.58. The Bertz CT molecular complexity index is 614. The Balaban J connectivity index is 0.000000280. The van der Waals surface area contributed by atoms with Crippen molar-refractivity contribution in [3.8, 4) is 0 Å². The number of aromatic nitrogens is 4. The first-order chi connectivity index (χ1) is 7.50. The number of hydrogen-bond donors (Lipinski definition) is 2. The molecule has 2 rings (SSSR count). The number of aromatic amines is 1. The molecule has 3 N–H and O–H groups in total. The van der Waals surface area contributed by atoms with Gasteiger partial charge in [-0.15, -0.1) is 0 Å². The summed E-state index contributed by atoms with van der Waals surface area (Å²) in [5, 5.41) is 0. The van der Waals surface area contributed by atoms with E-state index in [2.05, 4.69) is 19.9 Å². The van der Waals surface area contributed by atoms with E-state index in [-0.39, 0.29) is 17.1 Å². The summed E-state index contributed by atoms with van der Waals surface area (Å²) in [5.74, 6) is -0.201. The van der Waals surface area contributed by atoms with E-state index >= 15 is 0 Å². The van der Waals surface area contributed by atoms with Crippen LogP contribution in [0.4, 0.5) is 5.95 Å². The van der Waals surface area contributed by atoms with Crippen molar-refractivity contribution in [2.45, 2.75) is 0 Å². The van der Waals surface area contributed by atoms with Gasteiger partial charge in [-0.05, 0) is 0 Å². The van der Waals surface area contributed by atoms with Gasteiger partial charge >= 0.3 is 28.2 Å². The summed E-state index contributed by atoms with van der Waals surface area (Å²) in [5.41, 5.74) is 7.01. The van der Waals surface area contributed by atoms with Gasteiger partial charge in [0.1, 0.15) is 11.2 Å². The Morgan fingerprint density at radius 1 is 1.31 bits per heavy atom. The SMILES string of the molecule is [NH-]c1nc2nccnc2c(=O)[nH]1.[O]=[W](=[O])[OH]. The van der Waals surface area contributed by atoms with Crippen LogP contribution in [0.15, 0.2) is 17.2 Å². The van der Waals surface area contributed by atoms with Crippen LogP contribution < -0.4 is 5.56 Å². The third-order valence-corrected chi connectivity index (χ3v) is 1.34. The fourth-order valence-electron chi connectivity index (χ4n) is 0.873. The number of nitrogens with zero attached hydrogens (tertiary/aromatic N) is 3. The molecule has 0 fully saturated rings. The average molecular weight is 395 g/mol. The van der Waals surface area contributed by atoms with Crippen molar-refractivity contribution in [2.24, 2.45) is 0 Å². The minimum atomic E-state index is -4.03. The van der Waals surface area contributed by atoms with Crippen molar-refractivity contribution in [2.75, 3.05) is 0 Å². The predicted octanol–water partition coefficient (Wildman–Crippen LogP) is -0.400. The molecular formula is C6H5N5O4W-. The van der Waals surface area contributed by atoms with Crippen LogP contribution in [0, 0.1) is 0 Å². The molecule has 0 aromatic carbocycles. The Labute approximate surface area is 94.0 Å². The molecule has 2 aromatic rings. The zero-order chi connectivity index (χ0) is 12.1. The molecule has 10 heteroatoms. The third-order valence-electron chi connectivity index (χ3n) is 1.34. The van der Waals surface area contributed by atoms with Gasteiger partial charge in [0.15, 0.2) is 0 Å². The first-order valence-corrected chi connectivity index (χ1v) is 7.42. The van der Waals surface area contributed by atoms with E-state index in [1.807, 2.05) is 0 Å². The Hall–Kier alpha value is -1.73. The molecule has 16 heavy (non-hydrogen) atoms. The molecule has 2 aromatic heterocycles. The van der Waals surface area contributed by atoms with Crippen molar-refractivity contribution >= 4 is 17.1 Å². The molecule has 0 bridgehead atoms. The van der Waals surface area contributed by atoms with E-state index in [0.717, 1.165) is 0 Å². The molecule has 0 unspecified atom stereocenters.